The highest BCUT2D eigenvalue weighted by atomic mass is 79.9. The summed E-state index contributed by atoms with van der Waals surface area (Å²) in [6.07, 6.45) is 1.38. The molecule has 0 bridgehead atoms. The first-order chi connectivity index (χ1) is 8.58. The van der Waals surface area contributed by atoms with Crippen LogP contribution in [0, 0.1) is 0 Å². The van der Waals surface area contributed by atoms with Crippen molar-refractivity contribution >= 4 is 44.9 Å². The van der Waals surface area contributed by atoms with Gasteiger partial charge in [0.1, 0.15) is 5.71 Å². The van der Waals surface area contributed by atoms with Crippen molar-refractivity contribution in [2.24, 2.45) is 5.10 Å². The molecule has 0 aliphatic carbocycles. The zero-order chi connectivity index (χ0) is 13.5. The lowest BCUT2D eigenvalue weighted by molar-refractivity contribution is -0.132. The Morgan fingerprint density at radius 1 is 1.56 bits per heavy atom. The van der Waals surface area contributed by atoms with Gasteiger partial charge in [0.05, 0.1) is 17.8 Å². The van der Waals surface area contributed by atoms with Gasteiger partial charge in [-0.3, -0.25) is 5.43 Å². The smallest absolute Gasteiger partial charge is 0.354 e. The third-order valence-electron chi connectivity index (χ3n) is 2.15. The molecule has 1 N–H and O–H groups in total. The third kappa shape index (κ3) is 4.31. The molecule has 4 nitrogen and oxygen atoms in total. The summed E-state index contributed by atoms with van der Waals surface area (Å²) in [4.78, 5) is 11.4. The fourth-order valence-electron chi connectivity index (χ4n) is 1.26. The second kappa shape index (κ2) is 7.38. The van der Waals surface area contributed by atoms with E-state index in [4.69, 9.17) is 11.6 Å². The number of esters is 1. The van der Waals surface area contributed by atoms with Gasteiger partial charge >= 0.3 is 5.97 Å². The maximum Gasteiger partial charge on any atom is 0.354 e. The maximum absolute atomic E-state index is 11.4. The van der Waals surface area contributed by atoms with Gasteiger partial charge < -0.3 is 4.74 Å². The van der Waals surface area contributed by atoms with Crippen molar-refractivity contribution in [3.63, 3.8) is 0 Å². The van der Waals surface area contributed by atoms with Crippen LogP contribution >= 0.6 is 27.5 Å². The van der Waals surface area contributed by atoms with Crippen LogP contribution in [0.15, 0.2) is 27.8 Å². The Kier molecular flexibility index (Phi) is 6.15. The quantitative estimate of drug-likeness (QED) is 0.506. The lowest BCUT2D eigenvalue weighted by Crippen LogP contribution is -2.17. The van der Waals surface area contributed by atoms with Crippen molar-refractivity contribution in [2.75, 3.05) is 12.5 Å². The van der Waals surface area contributed by atoms with Gasteiger partial charge in [0.2, 0.25) is 0 Å². The zero-order valence-electron chi connectivity index (χ0n) is 10.2. The van der Waals surface area contributed by atoms with Gasteiger partial charge in [-0.15, -0.1) is 0 Å². The first-order valence-corrected chi connectivity index (χ1v) is 6.61. The van der Waals surface area contributed by atoms with Gasteiger partial charge in [0.25, 0.3) is 0 Å². The van der Waals surface area contributed by atoms with E-state index in [0.29, 0.717) is 17.2 Å². The number of nitrogens with one attached hydrogen (secondary N) is 1. The number of halogens is 2. The average molecular weight is 334 g/mol. The Balaban J connectivity index is 2.81. The molecule has 6 heteroatoms. The SMILES string of the molecule is CCC/C(=N/Nc1ccc(Cl)c(Br)c1)C(=O)OC. The van der Waals surface area contributed by atoms with E-state index in [1.54, 1.807) is 18.2 Å². The van der Waals surface area contributed by atoms with Crippen LogP contribution in [-0.2, 0) is 9.53 Å². The molecule has 0 aliphatic heterocycles. The molecule has 1 rings (SSSR count). The highest BCUT2D eigenvalue weighted by molar-refractivity contribution is 9.10. The number of carbonyl (C=O) groups excluding carboxylic acids is 1. The highest BCUT2D eigenvalue weighted by Gasteiger charge is 2.10. The number of hydrogen-bond donors (Lipinski definition) is 1. The van der Waals surface area contributed by atoms with Crippen molar-refractivity contribution in [3.8, 4) is 0 Å². The first kappa shape index (κ1) is 15.0. The molecule has 0 aromatic heterocycles. The monoisotopic (exact) mass is 332 g/mol. The van der Waals surface area contributed by atoms with Crippen LogP contribution in [0.25, 0.3) is 0 Å². The predicted molar refractivity (Wildman–Crippen MR) is 77.1 cm³/mol. The van der Waals surface area contributed by atoms with E-state index in [9.17, 15) is 4.79 Å². The molecule has 0 heterocycles. The minimum Gasteiger partial charge on any atom is -0.464 e. The lowest BCUT2D eigenvalue weighted by atomic mass is 10.2. The summed E-state index contributed by atoms with van der Waals surface area (Å²) in [6.45, 7) is 1.97. The maximum atomic E-state index is 11.4. The molecule has 0 unspecified atom stereocenters. The van der Waals surface area contributed by atoms with Gasteiger partial charge in [-0.2, -0.15) is 5.10 Å². The molecule has 1 aromatic carbocycles. The number of hydrogen-bond acceptors (Lipinski definition) is 4. The van der Waals surface area contributed by atoms with E-state index < -0.39 is 5.97 Å². The van der Waals surface area contributed by atoms with E-state index in [2.05, 4.69) is 31.2 Å². The number of hydrazone groups is 1. The molecular formula is C12H14BrClN2O2. The Labute approximate surface area is 119 Å². The number of nitrogens with zero attached hydrogens (tertiary/aromatic N) is 1. The van der Waals surface area contributed by atoms with Gasteiger partial charge in [0, 0.05) is 4.47 Å². The van der Waals surface area contributed by atoms with Crippen molar-refractivity contribution in [1.29, 1.82) is 0 Å². The van der Waals surface area contributed by atoms with E-state index in [1.165, 1.54) is 7.11 Å². The van der Waals surface area contributed by atoms with Crippen LogP contribution in [0.3, 0.4) is 0 Å². The minimum absolute atomic E-state index is 0.367. The van der Waals surface area contributed by atoms with Crippen LogP contribution in [0.2, 0.25) is 5.02 Å². The van der Waals surface area contributed by atoms with Crippen LogP contribution in [0.5, 0.6) is 0 Å². The summed E-state index contributed by atoms with van der Waals surface area (Å²) in [6, 6.07) is 5.30. The second-order valence-corrected chi connectivity index (χ2v) is 4.80. The topological polar surface area (TPSA) is 50.7 Å². The summed E-state index contributed by atoms with van der Waals surface area (Å²) in [5.41, 5.74) is 3.92. The summed E-state index contributed by atoms with van der Waals surface area (Å²) < 4.78 is 5.42. The Morgan fingerprint density at radius 3 is 2.83 bits per heavy atom. The van der Waals surface area contributed by atoms with E-state index in [1.807, 2.05) is 6.92 Å². The fourth-order valence-corrected chi connectivity index (χ4v) is 1.75. The minimum atomic E-state index is -0.419. The lowest BCUT2D eigenvalue weighted by Gasteiger charge is -2.05. The predicted octanol–water partition coefficient (Wildman–Crippen LogP) is 3.84. The van der Waals surface area contributed by atoms with Gasteiger partial charge in [-0.05, 0) is 40.5 Å². The summed E-state index contributed by atoms with van der Waals surface area (Å²) in [5, 5.41) is 4.67. The molecule has 0 atom stereocenters. The molecule has 0 aliphatic rings. The molecule has 98 valence electrons. The number of benzene rings is 1. The number of anilines is 1. The van der Waals surface area contributed by atoms with Crippen molar-refractivity contribution in [2.45, 2.75) is 19.8 Å². The van der Waals surface area contributed by atoms with Crippen LogP contribution in [-0.4, -0.2) is 18.8 Å². The van der Waals surface area contributed by atoms with Gasteiger partial charge in [-0.1, -0.05) is 24.9 Å². The largest absolute Gasteiger partial charge is 0.464 e. The highest BCUT2D eigenvalue weighted by Crippen LogP contribution is 2.25. The fraction of sp³-hybridized carbons (Fsp3) is 0.333. The molecule has 0 saturated carbocycles. The van der Waals surface area contributed by atoms with Crippen molar-refractivity contribution in [3.05, 3.63) is 27.7 Å². The van der Waals surface area contributed by atoms with Crippen LogP contribution in [0.1, 0.15) is 19.8 Å². The number of ether oxygens (including phenoxy) is 1. The Bertz CT molecular complexity index is 463. The second-order valence-electron chi connectivity index (χ2n) is 3.54. The van der Waals surface area contributed by atoms with Crippen LogP contribution < -0.4 is 5.43 Å². The normalized spacial score (nSPS) is 11.2. The number of rotatable bonds is 5. The van der Waals surface area contributed by atoms with E-state index in [0.717, 1.165) is 16.6 Å². The first-order valence-electron chi connectivity index (χ1n) is 5.44. The molecule has 18 heavy (non-hydrogen) atoms. The third-order valence-corrected chi connectivity index (χ3v) is 3.36. The van der Waals surface area contributed by atoms with Gasteiger partial charge in [0.15, 0.2) is 0 Å². The Morgan fingerprint density at radius 2 is 2.28 bits per heavy atom. The zero-order valence-corrected chi connectivity index (χ0v) is 12.5. The summed E-state index contributed by atoms with van der Waals surface area (Å²) >= 11 is 9.20. The molecule has 0 saturated heterocycles. The molecule has 0 amide bonds. The molecule has 1 aromatic rings. The average Bonchev–Trinajstić information content (AvgIpc) is 2.37. The van der Waals surface area contributed by atoms with Crippen molar-refractivity contribution < 1.29 is 9.53 Å². The molecule has 0 spiro atoms. The summed E-state index contributed by atoms with van der Waals surface area (Å²) in [7, 11) is 1.34. The Hall–Kier alpha value is -1.07. The standard InChI is InChI=1S/C12H14BrClN2O2/c1-3-4-11(12(17)18-2)16-15-8-5-6-10(14)9(13)7-8/h5-7,15H,3-4H2,1-2H3/b16-11-. The van der Waals surface area contributed by atoms with E-state index >= 15 is 0 Å². The number of methoxy groups -OCH3 is 1. The van der Waals surface area contributed by atoms with Crippen molar-refractivity contribution in [1.82, 2.24) is 0 Å². The summed E-state index contributed by atoms with van der Waals surface area (Å²) in [5.74, 6) is -0.419. The molecule has 0 fully saturated rings. The van der Waals surface area contributed by atoms with E-state index in [-0.39, 0.29) is 0 Å². The number of carbonyl (C=O) groups is 1. The van der Waals surface area contributed by atoms with Gasteiger partial charge in [-0.25, -0.2) is 4.79 Å². The molecule has 0 radical (unpaired) electrons. The molecular weight excluding hydrogens is 320 g/mol. The van der Waals surface area contributed by atoms with Crippen LogP contribution in [0.4, 0.5) is 5.69 Å².